The van der Waals surface area contributed by atoms with Crippen molar-refractivity contribution in [1.82, 2.24) is 5.32 Å². The SMILES string of the molecule is C[C@H](CNC(=O)[C@@H]1CCCO1)N(C)c1ccccc1. The molecule has 104 valence electrons. The van der Waals surface area contributed by atoms with Gasteiger partial charge in [0.2, 0.25) is 5.91 Å². The second-order valence-electron chi connectivity index (χ2n) is 5.04. The molecule has 4 heteroatoms. The molecule has 0 bridgehead atoms. The fourth-order valence-electron chi connectivity index (χ4n) is 2.20. The molecule has 2 atom stereocenters. The van der Waals surface area contributed by atoms with E-state index in [2.05, 4.69) is 29.3 Å². The van der Waals surface area contributed by atoms with Crippen LogP contribution in [0.2, 0.25) is 0 Å². The Morgan fingerprint density at radius 1 is 1.47 bits per heavy atom. The number of benzene rings is 1. The number of ether oxygens (including phenoxy) is 1. The molecular weight excluding hydrogens is 240 g/mol. The average molecular weight is 262 g/mol. The van der Waals surface area contributed by atoms with Gasteiger partial charge in [0.25, 0.3) is 0 Å². The van der Waals surface area contributed by atoms with Crippen molar-refractivity contribution in [3.8, 4) is 0 Å². The zero-order chi connectivity index (χ0) is 13.7. The third-order valence-electron chi connectivity index (χ3n) is 3.62. The van der Waals surface area contributed by atoms with Crippen molar-refractivity contribution in [3.05, 3.63) is 30.3 Å². The quantitative estimate of drug-likeness (QED) is 0.880. The maximum absolute atomic E-state index is 11.9. The van der Waals surface area contributed by atoms with Crippen LogP contribution in [0.1, 0.15) is 19.8 Å². The fourth-order valence-corrected chi connectivity index (χ4v) is 2.20. The Morgan fingerprint density at radius 2 is 2.21 bits per heavy atom. The van der Waals surface area contributed by atoms with Gasteiger partial charge in [0.05, 0.1) is 0 Å². The second kappa shape index (κ2) is 6.57. The summed E-state index contributed by atoms with van der Waals surface area (Å²) in [7, 11) is 2.04. The van der Waals surface area contributed by atoms with Gasteiger partial charge >= 0.3 is 0 Å². The number of hydrogen-bond donors (Lipinski definition) is 1. The molecule has 1 aromatic carbocycles. The van der Waals surface area contributed by atoms with E-state index in [9.17, 15) is 4.79 Å². The molecular formula is C15H22N2O2. The van der Waals surface area contributed by atoms with E-state index in [1.54, 1.807) is 0 Å². The first-order valence-electron chi connectivity index (χ1n) is 6.85. The Balaban J connectivity index is 1.80. The van der Waals surface area contributed by atoms with Crippen molar-refractivity contribution in [2.75, 3.05) is 25.1 Å². The van der Waals surface area contributed by atoms with Gasteiger partial charge in [-0.05, 0) is 31.9 Å². The molecule has 1 amide bonds. The first kappa shape index (κ1) is 13.9. The molecule has 1 heterocycles. The van der Waals surface area contributed by atoms with Gasteiger partial charge in [-0.15, -0.1) is 0 Å². The highest BCUT2D eigenvalue weighted by atomic mass is 16.5. The highest BCUT2D eigenvalue weighted by molar-refractivity contribution is 5.81. The summed E-state index contributed by atoms with van der Waals surface area (Å²) in [5.74, 6) is 0.0193. The standard InChI is InChI=1S/C15H22N2O2/c1-12(17(2)13-7-4-3-5-8-13)11-16-15(18)14-9-6-10-19-14/h3-5,7-8,12,14H,6,9-11H2,1-2H3,(H,16,18)/t12-,14+/m1/s1. The number of rotatable bonds is 5. The molecule has 1 aliphatic heterocycles. The summed E-state index contributed by atoms with van der Waals surface area (Å²) >= 11 is 0. The number of amides is 1. The van der Waals surface area contributed by atoms with E-state index in [0.29, 0.717) is 13.2 Å². The fraction of sp³-hybridized carbons (Fsp3) is 0.533. The zero-order valence-corrected chi connectivity index (χ0v) is 11.6. The first-order valence-corrected chi connectivity index (χ1v) is 6.85. The van der Waals surface area contributed by atoms with Crippen LogP contribution in [-0.2, 0) is 9.53 Å². The lowest BCUT2D eigenvalue weighted by Crippen LogP contribution is -2.43. The Kier molecular flexibility index (Phi) is 4.80. The lowest BCUT2D eigenvalue weighted by molar-refractivity contribution is -0.130. The Morgan fingerprint density at radius 3 is 2.84 bits per heavy atom. The minimum Gasteiger partial charge on any atom is -0.370 e. The van der Waals surface area contributed by atoms with Gasteiger partial charge in [-0.1, -0.05) is 18.2 Å². The van der Waals surface area contributed by atoms with Crippen LogP contribution in [0.4, 0.5) is 5.69 Å². The normalized spacial score (nSPS) is 20.0. The van der Waals surface area contributed by atoms with E-state index in [-0.39, 0.29) is 18.1 Å². The average Bonchev–Trinajstić information content (AvgIpc) is 2.98. The summed E-state index contributed by atoms with van der Waals surface area (Å²) in [4.78, 5) is 14.0. The summed E-state index contributed by atoms with van der Waals surface area (Å²) in [5, 5.41) is 2.97. The Hall–Kier alpha value is -1.55. The molecule has 1 N–H and O–H groups in total. The van der Waals surface area contributed by atoms with Crippen LogP contribution in [-0.4, -0.2) is 38.3 Å². The molecule has 0 saturated carbocycles. The van der Waals surface area contributed by atoms with E-state index >= 15 is 0 Å². The smallest absolute Gasteiger partial charge is 0.249 e. The van der Waals surface area contributed by atoms with Gasteiger partial charge < -0.3 is 15.0 Å². The second-order valence-corrected chi connectivity index (χ2v) is 5.04. The van der Waals surface area contributed by atoms with Crippen molar-refractivity contribution in [1.29, 1.82) is 0 Å². The molecule has 4 nitrogen and oxygen atoms in total. The van der Waals surface area contributed by atoms with Crippen LogP contribution in [0.25, 0.3) is 0 Å². The van der Waals surface area contributed by atoms with Gasteiger partial charge in [0, 0.05) is 31.9 Å². The van der Waals surface area contributed by atoms with E-state index in [0.717, 1.165) is 18.5 Å². The predicted molar refractivity (Wildman–Crippen MR) is 76.3 cm³/mol. The van der Waals surface area contributed by atoms with E-state index in [4.69, 9.17) is 4.74 Å². The largest absolute Gasteiger partial charge is 0.370 e. The van der Waals surface area contributed by atoms with Crippen molar-refractivity contribution >= 4 is 11.6 Å². The maximum atomic E-state index is 11.9. The molecule has 1 saturated heterocycles. The molecule has 19 heavy (non-hydrogen) atoms. The van der Waals surface area contributed by atoms with E-state index in [1.165, 1.54) is 0 Å². The van der Waals surface area contributed by atoms with Crippen molar-refractivity contribution in [2.24, 2.45) is 0 Å². The van der Waals surface area contributed by atoms with Gasteiger partial charge in [0.15, 0.2) is 0 Å². The summed E-state index contributed by atoms with van der Waals surface area (Å²) < 4.78 is 5.37. The molecule has 0 spiro atoms. The number of nitrogens with one attached hydrogen (secondary N) is 1. The van der Waals surface area contributed by atoms with E-state index in [1.807, 2.05) is 25.2 Å². The maximum Gasteiger partial charge on any atom is 0.249 e. The number of carbonyl (C=O) groups is 1. The van der Waals surface area contributed by atoms with Crippen molar-refractivity contribution < 1.29 is 9.53 Å². The number of carbonyl (C=O) groups excluding carboxylic acids is 1. The number of nitrogens with zero attached hydrogens (tertiary/aromatic N) is 1. The van der Waals surface area contributed by atoms with Gasteiger partial charge in [-0.3, -0.25) is 4.79 Å². The first-order chi connectivity index (χ1) is 9.18. The zero-order valence-electron chi connectivity index (χ0n) is 11.6. The molecule has 1 aliphatic rings. The van der Waals surface area contributed by atoms with Crippen LogP contribution >= 0.6 is 0 Å². The van der Waals surface area contributed by atoms with Crippen LogP contribution in [0.5, 0.6) is 0 Å². The third-order valence-corrected chi connectivity index (χ3v) is 3.62. The molecule has 1 fully saturated rings. The van der Waals surface area contributed by atoms with Crippen molar-refractivity contribution in [2.45, 2.75) is 31.9 Å². The van der Waals surface area contributed by atoms with Gasteiger partial charge in [-0.2, -0.15) is 0 Å². The number of hydrogen-bond acceptors (Lipinski definition) is 3. The Bertz CT molecular complexity index is 402. The highest BCUT2D eigenvalue weighted by Crippen LogP contribution is 2.14. The molecule has 0 aromatic heterocycles. The lowest BCUT2D eigenvalue weighted by atomic mass is 10.2. The van der Waals surface area contributed by atoms with Crippen LogP contribution in [0.3, 0.4) is 0 Å². The predicted octanol–water partition coefficient (Wildman–Crippen LogP) is 1.81. The molecule has 1 aromatic rings. The highest BCUT2D eigenvalue weighted by Gasteiger charge is 2.23. The minimum absolute atomic E-state index is 0.0193. The summed E-state index contributed by atoms with van der Waals surface area (Å²) in [6.07, 6.45) is 1.58. The van der Waals surface area contributed by atoms with Crippen LogP contribution in [0.15, 0.2) is 30.3 Å². The number of para-hydroxylation sites is 1. The minimum atomic E-state index is -0.241. The van der Waals surface area contributed by atoms with Crippen molar-refractivity contribution in [3.63, 3.8) is 0 Å². The van der Waals surface area contributed by atoms with Crippen LogP contribution in [0, 0.1) is 0 Å². The molecule has 2 rings (SSSR count). The lowest BCUT2D eigenvalue weighted by Gasteiger charge is -2.27. The summed E-state index contributed by atoms with van der Waals surface area (Å²) in [6, 6.07) is 10.4. The molecule has 0 radical (unpaired) electrons. The third kappa shape index (κ3) is 3.70. The van der Waals surface area contributed by atoms with Crippen LogP contribution < -0.4 is 10.2 Å². The summed E-state index contributed by atoms with van der Waals surface area (Å²) in [6.45, 7) is 3.43. The summed E-state index contributed by atoms with van der Waals surface area (Å²) in [5.41, 5.74) is 1.15. The molecule has 0 unspecified atom stereocenters. The van der Waals surface area contributed by atoms with E-state index < -0.39 is 0 Å². The topological polar surface area (TPSA) is 41.6 Å². The molecule has 0 aliphatic carbocycles. The number of anilines is 1. The van der Waals surface area contributed by atoms with Gasteiger partial charge in [0.1, 0.15) is 6.10 Å². The monoisotopic (exact) mass is 262 g/mol. The Labute approximate surface area is 114 Å². The van der Waals surface area contributed by atoms with Gasteiger partial charge in [-0.25, -0.2) is 0 Å². The number of likely N-dealkylation sites (N-methyl/N-ethyl adjacent to an activating group) is 1.